The summed E-state index contributed by atoms with van der Waals surface area (Å²) < 4.78 is 0.779. The molecular weight excluding hydrogens is 202 g/mol. The van der Waals surface area contributed by atoms with Crippen LogP contribution in [0.2, 0.25) is 0 Å². The van der Waals surface area contributed by atoms with Gasteiger partial charge in [0.1, 0.15) is 0 Å². The van der Waals surface area contributed by atoms with E-state index in [0.717, 1.165) is 17.4 Å². The second kappa shape index (κ2) is 6.60. The summed E-state index contributed by atoms with van der Waals surface area (Å²) in [5.74, 6) is 2.46. The number of nitrogens with two attached hydrogens (primary N) is 1. The van der Waals surface area contributed by atoms with Crippen LogP contribution in [0, 0.1) is 0 Å². The molecular formula is C9H17NOS2. The summed E-state index contributed by atoms with van der Waals surface area (Å²) in [6.45, 7) is 0. The lowest BCUT2D eigenvalue weighted by Crippen LogP contribution is -2.10. The van der Waals surface area contributed by atoms with E-state index in [1.165, 1.54) is 24.3 Å². The Hall–Kier alpha value is 0.170. The van der Waals surface area contributed by atoms with Crippen LogP contribution in [0.5, 0.6) is 0 Å². The van der Waals surface area contributed by atoms with Gasteiger partial charge in [-0.3, -0.25) is 4.79 Å². The molecule has 2 N–H and O–H groups in total. The maximum Gasteiger partial charge on any atom is 0.217 e. The van der Waals surface area contributed by atoms with E-state index >= 15 is 0 Å². The first-order chi connectivity index (χ1) is 6.29. The molecule has 0 radical (unpaired) electrons. The number of amides is 1. The van der Waals surface area contributed by atoms with E-state index in [9.17, 15) is 4.79 Å². The molecule has 1 rings (SSSR count). The van der Waals surface area contributed by atoms with Gasteiger partial charge < -0.3 is 5.73 Å². The van der Waals surface area contributed by atoms with Crippen molar-refractivity contribution in [1.29, 1.82) is 0 Å². The van der Waals surface area contributed by atoms with Gasteiger partial charge in [-0.15, -0.1) is 23.5 Å². The van der Waals surface area contributed by atoms with E-state index in [1.807, 2.05) is 0 Å². The van der Waals surface area contributed by atoms with Gasteiger partial charge in [-0.05, 0) is 30.8 Å². The summed E-state index contributed by atoms with van der Waals surface area (Å²) >= 11 is 4.14. The summed E-state index contributed by atoms with van der Waals surface area (Å²) in [5.41, 5.74) is 5.06. The van der Waals surface area contributed by atoms with Crippen molar-refractivity contribution in [2.24, 2.45) is 5.73 Å². The average Bonchev–Trinajstić information content (AvgIpc) is 2.14. The number of hydrogen-bond acceptors (Lipinski definition) is 3. The number of thioether (sulfide) groups is 2. The van der Waals surface area contributed by atoms with Crippen molar-refractivity contribution in [3.63, 3.8) is 0 Å². The van der Waals surface area contributed by atoms with Gasteiger partial charge in [0, 0.05) is 6.42 Å². The molecule has 0 atom stereocenters. The molecule has 13 heavy (non-hydrogen) atoms. The molecule has 1 fully saturated rings. The van der Waals surface area contributed by atoms with Crippen LogP contribution in [-0.2, 0) is 4.79 Å². The predicted octanol–water partition coefficient (Wildman–Crippen LogP) is 2.23. The first kappa shape index (κ1) is 11.2. The van der Waals surface area contributed by atoms with Crippen LogP contribution in [0.25, 0.3) is 0 Å². The normalized spacial score (nSPS) is 18.8. The van der Waals surface area contributed by atoms with E-state index in [1.54, 1.807) is 0 Å². The van der Waals surface area contributed by atoms with E-state index < -0.39 is 0 Å². The van der Waals surface area contributed by atoms with Gasteiger partial charge in [-0.2, -0.15) is 0 Å². The maximum absolute atomic E-state index is 10.5. The van der Waals surface area contributed by atoms with Crippen LogP contribution < -0.4 is 5.73 Å². The highest BCUT2D eigenvalue weighted by atomic mass is 32.2. The minimum Gasteiger partial charge on any atom is -0.370 e. The third kappa shape index (κ3) is 5.47. The molecule has 2 nitrogen and oxygen atoms in total. The molecule has 0 bridgehead atoms. The largest absolute Gasteiger partial charge is 0.370 e. The fourth-order valence-corrected chi connectivity index (χ4v) is 4.27. The van der Waals surface area contributed by atoms with Gasteiger partial charge in [-0.25, -0.2) is 0 Å². The molecule has 0 aliphatic carbocycles. The smallest absolute Gasteiger partial charge is 0.217 e. The molecule has 1 saturated heterocycles. The molecule has 1 aliphatic rings. The van der Waals surface area contributed by atoms with Crippen LogP contribution >= 0.6 is 23.5 Å². The zero-order valence-corrected chi connectivity index (χ0v) is 9.46. The third-order valence-corrected chi connectivity index (χ3v) is 5.09. The monoisotopic (exact) mass is 219 g/mol. The maximum atomic E-state index is 10.5. The highest BCUT2D eigenvalue weighted by Crippen LogP contribution is 2.33. The number of carbonyl (C=O) groups excluding carboxylic acids is 1. The summed E-state index contributed by atoms with van der Waals surface area (Å²) in [6.07, 6.45) is 5.26. The molecule has 1 aliphatic heterocycles. The SMILES string of the molecule is NC(=O)CCCCC1SCCCS1. The number of carbonyl (C=O) groups is 1. The number of unbranched alkanes of at least 4 members (excludes halogenated alkanes) is 1. The fourth-order valence-electron chi connectivity index (χ4n) is 1.31. The van der Waals surface area contributed by atoms with Gasteiger partial charge >= 0.3 is 0 Å². The Bertz CT molecular complexity index is 158. The second-order valence-electron chi connectivity index (χ2n) is 3.24. The van der Waals surface area contributed by atoms with Crippen molar-refractivity contribution >= 4 is 29.4 Å². The quantitative estimate of drug-likeness (QED) is 0.721. The van der Waals surface area contributed by atoms with Crippen LogP contribution in [0.15, 0.2) is 0 Å². The lowest BCUT2D eigenvalue weighted by Gasteiger charge is -2.20. The molecule has 1 amide bonds. The molecule has 0 saturated carbocycles. The summed E-state index contributed by atoms with van der Waals surface area (Å²) in [7, 11) is 0. The van der Waals surface area contributed by atoms with E-state index in [0.29, 0.717) is 6.42 Å². The number of hydrogen-bond donors (Lipinski definition) is 1. The zero-order valence-electron chi connectivity index (χ0n) is 7.83. The van der Waals surface area contributed by atoms with Crippen LogP contribution in [0.4, 0.5) is 0 Å². The van der Waals surface area contributed by atoms with E-state index in [4.69, 9.17) is 5.73 Å². The third-order valence-electron chi connectivity index (χ3n) is 2.01. The molecule has 76 valence electrons. The first-order valence-electron chi connectivity index (χ1n) is 4.80. The van der Waals surface area contributed by atoms with Gasteiger partial charge in [0.2, 0.25) is 5.91 Å². The summed E-state index contributed by atoms with van der Waals surface area (Å²) in [4.78, 5) is 10.5. The first-order valence-corrected chi connectivity index (χ1v) is 6.90. The van der Waals surface area contributed by atoms with Crippen molar-refractivity contribution in [3.05, 3.63) is 0 Å². The Morgan fingerprint density at radius 3 is 2.62 bits per heavy atom. The Balaban J connectivity index is 1.95. The minimum atomic E-state index is -0.163. The Labute approximate surface area is 88.4 Å². The van der Waals surface area contributed by atoms with Crippen molar-refractivity contribution < 1.29 is 4.79 Å². The molecule has 0 spiro atoms. The standard InChI is InChI=1S/C9H17NOS2/c10-8(11)4-1-2-5-9-12-6-3-7-13-9/h9H,1-7H2,(H2,10,11). The Morgan fingerprint density at radius 2 is 2.00 bits per heavy atom. The average molecular weight is 219 g/mol. The van der Waals surface area contributed by atoms with Gasteiger partial charge in [0.25, 0.3) is 0 Å². The number of primary amides is 1. The van der Waals surface area contributed by atoms with E-state index in [2.05, 4.69) is 23.5 Å². The highest BCUT2D eigenvalue weighted by Gasteiger charge is 2.13. The fraction of sp³-hybridized carbons (Fsp3) is 0.889. The lowest BCUT2D eigenvalue weighted by molar-refractivity contribution is -0.118. The van der Waals surface area contributed by atoms with Crippen LogP contribution in [0.3, 0.4) is 0 Å². The molecule has 0 aromatic carbocycles. The van der Waals surface area contributed by atoms with Crippen molar-refractivity contribution in [2.75, 3.05) is 11.5 Å². The van der Waals surface area contributed by atoms with Crippen molar-refractivity contribution in [2.45, 2.75) is 36.7 Å². The topological polar surface area (TPSA) is 43.1 Å². The molecule has 1 heterocycles. The summed E-state index contributed by atoms with van der Waals surface area (Å²) in [5, 5.41) is 0. The minimum absolute atomic E-state index is 0.163. The Morgan fingerprint density at radius 1 is 1.31 bits per heavy atom. The second-order valence-corrected chi connectivity index (χ2v) is 6.16. The Kier molecular flexibility index (Phi) is 5.71. The molecule has 0 aromatic heterocycles. The molecule has 0 unspecified atom stereocenters. The van der Waals surface area contributed by atoms with Crippen LogP contribution in [-0.4, -0.2) is 22.0 Å². The zero-order chi connectivity index (χ0) is 9.52. The summed E-state index contributed by atoms with van der Waals surface area (Å²) in [6, 6.07) is 0. The molecule has 0 aromatic rings. The van der Waals surface area contributed by atoms with Gasteiger partial charge in [-0.1, -0.05) is 6.42 Å². The number of rotatable bonds is 5. The van der Waals surface area contributed by atoms with Crippen LogP contribution in [0.1, 0.15) is 32.1 Å². The molecule has 4 heteroatoms. The highest BCUT2D eigenvalue weighted by molar-refractivity contribution is 8.17. The van der Waals surface area contributed by atoms with Crippen molar-refractivity contribution in [1.82, 2.24) is 0 Å². The van der Waals surface area contributed by atoms with E-state index in [-0.39, 0.29) is 5.91 Å². The van der Waals surface area contributed by atoms with Gasteiger partial charge in [0.05, 0.1) is 4.58 Å². The lowest BCUT2D eigenvalue weighted by atomic mass is 10.2. The predicted molar refractivity (Wildman–Crippen MR) is 61.0 cm³/mol. The van der Waals surface area contributed by atoms with Gasteiger partial charge in [0.15, 0.2) is 0 Å². The van der Waals surface area contributed by atoms with Crippen molar-refractivity contribution in [3.8, 4) is 0 Å².